The van der Waals surface area contributed by atoms with Gasteiger partial charge in [-0.2, -0.15) is 0 Å². The van der Waals surface area contributed by atoms with Gasteiger partial charge in [0.1, 0.15) is 0 Å². The molecule has 0 heterocycles. The predicted octanol–water partition coefficient (Wildman–Crippen LogP) is 0.389. The summed E-state index contributed by atoms with van der Waals surface area (Å²) in [6.45, 7) is -0.787. The second-order valence-electron chi connectivity index (χ2n) is 1.49. The van der Waals surface area contributed by atoms with Gasteiger partial charge in [-0.05, 0) is 18.8 Å². The molecule has 1 heteroatoms. The third-order valence-electron chi connectivity index (χ3n) is 0.833. The van der Waals surface area contributed by atoms with Crippen LogP contribution >= 0.6 is 0 Å². The molecule has 30 valence electrons. The smallest absolute Gasteiger partial charge is 0.0567 e. The molecular formula is C4H8O. The third-order valence-corrected chi connectivity index (χ3v) is 0.833. The van der Waals surface area contributed by atoms with Gasteiger partial charge in [0.25, 0.3) is 0 Å². The Hall–Kier alpha value is -0.0400. The van der Waals surface area contributed by atoms with E-state index in [4.69, 9.17) is 6.48 Å². The van der Waals surface area contributed by atoms with Gasteiger partial charge in [-0.3, -0.25) is 0 Å². The third kappa shape index (κ3) is 0.618. The largest absolute Gasteiger partial charge is 0.396 e. The van der Waals surface area contributed by atoms with Crippen LogP contribution in [0.25, 0.3) is 0 Å². The van der Waals surface area contributed by atoms with Crippen molar-refractivity contribution in [3.8, 4) is 0 Å². The van der Waals surface area contributed by atoms with Gasteiger partial charge in [-0.1, -0.05) is 0 Å². The Morgan fingerprint density at radius 3 is 2.60 bits per heavy atom. The Labute approximate surface area is 33.0 Å². The van der Waals surface area contributed by atoms with Crippen molar-refractivity contribution >= 4 is 0 Å². The van der Waals surface area contributed by atoms with E-state index in [1.165, 1.54) is 0 Å². The van der Waals surface area contributed by atoms with E-state index in [0.717, 1.165) is 12.8 Å². The molecule has 1 fully saturated rings. The fraction of sp³-hybridized carbons (Fsp3) is 1.00. The molecule has 0 bridgehead atoms. The lowest BCUT2D eigenvalue weighted by Gasteiger charge is -1.73. The van der Waals surface area contributed by atoms with Gasteiger partial charge in [0.05, 0.1) is 1.37 Å². The Morgan fingerprint density at radius 2 is 2.60 bits per heavy atom. The van der Waals surface area contributed by atoms with Gasteiger partial charge in [0, 0.05) is 6.58 Å². The van der Waals surface area contributed by atoms with E-state index in [9.17, 15) is 0 Å². The zero-order valence-corrected chi connectivity index (χ0v) is 3.02. The Balaban J connectivity index is 2.13. The van der Waals surface area contributed by atoms with Crippen LogP contribution in [0.1, 0.15) is 14.2 Å². The minimum Gasteiger partial charge on any atom is -0.396 e. The minimum atomic E-state index is -0.787. The second-order valence-corrected chi connectivity index (χ2v) is 1.49. The van der Waals surface area contributed by atoms with Crippen LogP contribution in [-0.4, -0.2) is 11.7 Å². The number of aliphatic hydroxyl groups is 1. The van der Waals surface area contributed by atoms with Crippen LogP contribution < -0.4 is 0 Å². The molecule has 0 amide bonds. The summed E-state index contributed by atoms with van der Waals surface area (Å²) in [4.78, 5) is 0. The maximum atomic E-state index is 8.36. The van der Waals surface area contributed by atoms with Crippen LogP contribution in [0.3, 0.4) is 0 Å². The summed E-state index contributed by atoms with van der Waals surface area (Å²) in [5.74, 6) is 0.324. The molecule has 1 atom stereocenters. The molecule has 0 aromatic carbocycles. The van der Waals surface area contributed by atoms with Gasteiger partial charge in [-0.15, -0.1) is 0 Å². The molecule has 0 aromatic heterocycles. The lowest BCUT2D eigenvalue weighted by Crippen LogP contribution is -1.78. The summed E-state index contributed by atoms with van der Waals surface area (Å²) in [7, 11) is 0. The highest BCUT2D eigenvalue weighted by molar-refractivity contribution is 4.70. The molecule has 0 aliphatic heterocycles. The van der Waals surface area contributed by atoms with E-state index < -0.39 is 6.58 Å². The van der Waals surface area contributed by atoms with Crippen LogP contribution in [0.5, 0.6) is 0 Å². The summed E-state index contributed by atoms with van der Waals surface area (Å²) in [5, 5.41) is 8.36. The molecule has 0 saturated heterocycles. The summed E-state index contributed by atoms with van der Waals surface area (Å²) < 4.78 is 6.65. The SMILES string of the molecule is [2H]C(O)C1CC1. The summed E-state index contributed by atoms with van der Waals surface area (Å²) in [6.07, 6.45) is 2.12. The van der Waals surface area contributed by atoms with Crippen molar-refractivity contribution in [1.82, 2.24) is 0 Å². The highest BCUT2D eigenvalue weighted by atomic mass is 16.3. The summed E-state index contributed by atoms with van der Waals surface area (Å²) in [5.41, 5.74) is 0. The Bertz CT molecular complexity index is 49.5. The van der Waals surface area contributed by atoms with Gasteiger partial charge < -0.3 is 5.11 Å². The maximum Gasteiger partial charge on any atom is 0.0567 e. The fourth-order valence-corrected chi connectivity index (χ4v) is 0.245. The minimum absolute atomic E-state index is 0.324. The van der Waals surface area contributed by atoms with E-state index in [2.05, 4.69) is 0 Å². The van der Waals surface area contributed by atoms with E-state index in [1.54, 1.807) is 0 Å². The number of rotatable bonds is 1. The van der Waals surface area contributed by atoms with Gasteiger partial charge in [0.2, 0.25) is 0 Å². The van der Waals surface area contributed by atoms with Crippen molar-refractivity contribution in [2.24, 2.45) is 5.92 Å². The summed E-state index contributed by atoms with van der Waals surface area (Å²) >= 11 is 0. The van der Waals surface area contributed by atoms with Crippen molar-refractivity contribution in [2.75, 3.05) is 6.58 Å². The van der Waals surface area contributed by atoms with E-state index in [1.807, 2.05) is 0 Å². The zero-order chi connectivity index (χ0) is 4.57. The first-order valence-corrected chi connectivity index (χ1v) is 1.91. The van der Waals surface area contributed by atoms with Crippen molar-refractivity contribution < 1.29 is 6.48 Å². The highest BCUT2D eigenvalue weighted by Gasteiger charge is 2.18. The number of hydrogen-bond acceptors (Lipinski definition) is 1. The molecule has 5 heavy (non-hydrogen) atoms. The highest BCUT2D eigenvalue weighted by Crippen LogP contribution is 2.27. The monoisotopic (exact) mass is 73.1 g/mol. The molecule has 0 aromatic rings. The molecule has 1 aliphatic carbocycles. The molecule has 1 saturated carbocycles. The van der Waals surface area contributed by atoms with Gasteiger partial charge in [-0.25, -0.2) is 0 Å². The maximum absolute atomic E-state index is 8.36. The first-order valence-electron chi connectivity index (χ1n) is 2.49. The summed E-state index contributed by atoms with van der Waals surface area (Å²) in [6, 6.07) is 0. The first-order chi connectivity index (χ1) is 2.80. The van der Waals surface area contributed by atoms with Crippen molar-refractivity contribution in [1.29, 1.82) is 0 Å². The zero-order valence-electron chi connectivity index (χ0n) is 4.02. The molecule has 1 N–H and O–H groups in total. The first kappa shape index (κ1) is 2.19. The van der Waals surface area contributed by atoms with Crippen LogP contribution in [0.15, 0.2) is 0 Å². The fourth-order valence-electron chi connectivity index (χ4n) is 0.245. The molecule has 1 rings (SSSR count). The van der Waals surface area contributed by atoms with E-state index in [0.29, 0.717) is 5.92 Å². The van der Waals surface area contributed by atoms with Crippen LogP contribution in [0.4, 0.5) is 0 Å². The van der Waals surface area contributed by atoms with Gasteiger partial charge in [0.15, 0.2) is 0 Å². The quantitative estimate of drug-likeness (QED) is 0.476. The average molecular weight is 73.1 g/mol. The predicted molar refractivity (Wildman–Crippen MR) is 19.8 cm³/mol. The molecule has 1 unspecified atom stereocenters. The standard InChI is InChI=1S/C4H8O/c5-3-4-1-2-4/h4-5H,1-3H2/i3D. The molecule has 0 radical (unpaired) electrons. The molecular weight excluding hydrogens is 64.0 g/mol. The number of hydrogen-bond donors (Lipinski definition) is 1. The second kappa shape index (κ2) is 0.977. The molecule has 0 spiro atoms. The van der Waals surface area contributed by atoms with Gasteiger partial charge >= 0.3 is 0 Å². The van der Waals surface area contributed by atoms with Crippen molar-refractivity contribution in [3.05, 3.63) is 0 Å². The van der Waals surface area contributed by atoms with E-state index >= 15 is 0 Å². The van der Waals surface area contributed by atoms with Crippen LogP contribution in [0, 0.1) is 5.92 Å². The lowest BCUT2D eigenvalue weighted by molar-refractivity contribution is 0.277. The average Bonchev–Trinajstić information content (AvgIpc) is 2.06. The Kier molecular flexibility index (Phi) is 0.428. The Morgan fingerprint density at radius 1 is 2.00 bits per heavy atom. The number of aliphatic hydroxyl groups excluding tert-OH is 1. The van der Waals surface area contributed by atoms with Crippen molar-refractivity contribution in [2.45, 2.75) is 12.8 Å². The topological polar surface area (TPSA) is 20.2 Å². The lowest BCUT2D eigenvalue weighted by atomic mass is 10.5. The molecule has 1 nitrogen and oxygen atoms in total. The van der Waals surface area contributed by atoms with E-state index in [-0.39, 0.29) is 0 Å². The molecule has 1 aliphatic rings. The van der Waals surface area contributed by atoms with Crippen LogP contribution in [-0.2, 0) is 0 Å². The van der Waals surface area contributed by atoms with Crippen LogP contribution in [0.2, 0.25) is 0 Å². The normalized spacial score (nSPS) is 32.6. The van der Waals surface area contributed by atoms with Crippen molar-refractivity contribution in [3.63, 3.8) is 0 Å².